The predicted molar refractivity (Wildman–Crippen MR) is 108 cm³/mol. The number of carbonyl (C=O) groups is 1. The lowest BCUT2D eigenvalue weighted by molar-refractivity contribution is -0.137. The van der Waals surface area contributed by atoms with Crippen LogP contribution in [0.25, 0.3) is 23.0 Å². The molecule has 3 aromatic heterocycles. The van der Waals surface area contributed by atoms with E-state index < -0.39 is 17.2 Å². The summed E-state index contributed by atoms with van der Waals surface area (Å²) >= 11 is 0. The van der Waals surface area contributed by atoms with Gasteiger partial charge in [-0.25, -0.2) is 4.79 Å². The number of carboxylic acids is 1. The number of aliphatic carboxylic acids is 1. The molecule has 9 heteroatoms. The van der Waals surface area contributed by atoms with Gasteiger partial charge in [-0.3, -0.25) is 23.1 Å². The highest BCUT2D eigenvalue weighted by molar-refractivity contribution is 5.76. The maximum absolute atomic E-state index is 13.1. The Hall–Kier alpha value is -3.88. The van der Waals surface area contributed by atoms with Crippen molar-refractivity contribution >= 4 is 29.0 Å². The van der Waals surface area contributed by atoms with Crippen LogP contribution in [-0.2, 0) is 24.9 Å². The van der Waals surface area contributed by atoms with E-state index in [1.54, 1.807) is 30.6 Å². The third-order valence-corrected chi connectivity index (χ3v) is 4.83. The fraction of sp³-hybridized carbons (Fsp3) is 0.200. The number of hydrogen-bond acceptors (Lipinski definition) is 4. The molecule has 0 fully saturated rings. The van der Waals surface area contributed by atoms with Crippen molar-refractivity contribution in [3.8, 4) is 0 Å². The number of fused-ring (bicyclic) bond motifs is 3. The van der Waals surface area contributed by atoms with Crippen LogP contribution in [0.2, 0.25) is 0 Å². The summed E-state index contributed by atoms with van der Waals surface area (Å²) in [5, 5.41) is 9.15. The van der Waals surface area contributed by atoms with Crippen LogP contribution in [0, 0.1) is 6.92 Å². The average molecular weight is 393 g/mol. The minimum Gasteiger partial charge on any atom is -0.480 e. The number of allylic oxidation sites excluding steroid dienone is 1. The van der Waals surface area contributed by atoms with Crippen molar-refractivity contribution in [2.75, 3.05) is 0 Å². The second kappa shape index (κ2) is 6.93. The van der Waals surface area contributed by atoms with Crippen molar-refractivity contribution in [2.45, 2.75) is 20.0 Å². The first-order valence-electron chi connectivity index (χ1n) is 8.99. The normalized spacial score (nSPS) is 11.8. The van der Waals surface area contributed by atoms with Gasteiger partial charge in [-0.15, -0.1) is 0 Å². The summed E-state index contributed by atoms with van der Waals surface area (Å²) < 4.78 is 5.49. The minimum atomic E-state index is -1.02. The Kier molecular flexibility index (Phi) is 4.42. The lowest BCUT2D eigenvalue weighted by atomic mass is 10.2. The molecule has 1 N–H and O–H groups in total. The highest BCUT2D eigenvalue weighted by Gasteiger charge is 2.20. The van der Waals surface area contributed by atoms with Crippen LogP contribution in [0.15, 0.2) is 52.2 Å². The van der Waals surface area contributed by atoms with Crippen molar-refractivity contribution in [3.63, 3.8) is 0 Å². The zero-order chi connectivity index (χ0) is 20.7. The molecule has 0 aliphatic carbocycles. The van der Waals surface area contributed by atoms with Gasteiger partial charge in [0.1, 0.15) is 6.54 Å². The van der Waals surface area contributed by atoms with Gasteiger partial charge in [-0.1, -0.05) is 42.5 Å². The average Bonchev–Trinajstić information content (AvgIpc) is 3.20. The molecule has 4 aromatic rings. The summed E-state index contributed by atoms with van der Waals surface area (Å²) in [6.07, 6.45) is 5.25. The summed E-state index contributed by atoms with van der Waals surface area (Å²) in [6.45, 7) is 1.57. The Balaban J connectivity index is 1.87. The highest BCUT2D eigenvalue weighted by atomic mass is 16.4. The summed E-state index contributed by atoms with van der Waals surface area (Å²) in [5.41, 5.74) is 1.12. The molecule has 0 spiro atoms. The van der Waals surface area contributed by atoms with Gasteiger partial charge in [0.2, 0.25) is 5.78 Å². The quantitative estimate of drug-likeness (QED) is 0.550. The maximum Gasteiger partial charge on any atom is 0.332 e. The number of benzene rings is 1. The Morgan fingerprint density at radius 2 is 1.90 bits per heavy atom. The molecule has 0 aliphatic heterocycles. The highest BCUT2D eigenvalue weighted by Crippen LogP contribution is 2.16. The Labute approximate surface area is 164 Å². The van der Waals surface area contributed by atoms with E-state index in [1.807, 2.05) is 36.4 Å². The topological polar surface area (TPSA) is 104 Å². The van der Waals surface area contributed by atoms with Crippen molar-refractivity contribution < 1.29 is 9.90 Å². The van der Waals surface area contributed by atoms with E-state index in [2.05, 4.69) is 4.98 Å². The molecular formula is C20H19N5O4. The molecule has 1 aromatic carbocycles. The van der Waals surface area contributed by atoms with Crippen molar-refractivity contribution in [3.05, 3.63) is 74.7 Å². The number of aromatic nitrogens is 5. The number of carboxylic acid groups (broad SMARTS) is 1. The molecule has 4 rings (SSSR count). The van der Waals surface area contributed by atoms with Gasteiger partial charge in [0, 0.05) is 25.5 Å². The molecule has 0 atom stereocenters. The van der Waals surface area contributed by atoms with E-state index in [-0.39, 0.29) is 24.3 Å². The molecule has 9 nitrogen and oxygen atoms in total. The summed E-state index contributed by atoms with van der Waals surface area (Å²) in [6, 6.07) is 9.58. The summed E-state index contributed by atoms with van der Waals surface area (Å²) in [4.78, 5) is 41.3. The molecule has 148 valence electrons. The largest absolute Gasteiger partial charge is 0.480 e. The third-order valence-electron chi connectivity index (χ3n) is 4.83. The van der Waals surface area contributed by atoms with Crippen LogP contribution in [0.5, 0.6) is 0 Å². The number of rotatable bonds is 5. The van der Waals surface area contributed by atoms with Crippen LogP contribution in [0.3, 0.4) is 0 Å². The van der Waals surface area contributed by atoms with E-state index in [0.29, 0.717) is 11.5 Å². The Bertz CT molecular complexity index is 1390. The van der Waals surface area contributed by atoms with E-state index in [9.17, 15) is 14.4 Å². The SMILES string of the molecule is Cc1cn2c3c(=O)n(C/C=C\c4ccccc4)c(=O)n(C)c3nc2n1CC(=O)O. The molecule has 0 saturated carbocycles. The Morgan fingerprint density at radius 3 is 2.59 bits per heavy atom. The van der Waals surface area contributed by atoms with Crippen LogP contribution in [0.4, 0.5) is 0 Å². The number of aryl methyl sites for hydroxylation is 2. The van der Waals surface area contributed by atoms with E-state index >= 15 is 0 Å². The van der Waals surface area contributed by atoms with E-state index in [4.69, 9.17) is 5.11 Å². The standard InChI is InChI=1S/C20H19N5O4/c1-13-11-25-16-17(21-19(25)24(13)12-15(26)27)22(2)20(29)23(18(16)28)10-6-9-14-7-4-3-5-8-14/h3-9,11H,10,12H2,1-2H3,(H,26,27)/b9-6-. The summed E-state index contributed by atoms with van der Waals surface area (Å²) in [7, 11) is 1.54. The molecule has 0 bridgehead atoms. The monoisotopic (exact) mass is 393 g/mol. The second-order valence-electron chi connectivity index (χ2n) is 6.77. The van der Waals surface area contributed by atoms with Crippen LogP contribution in [-0.4, -0.2) is 34.2 Å². The first kappa shape index (κ1) is 18.5. The van der Waals surface area contributed by atoms with Crippen LogP contribution >= 0.6 is 0 Å². The summed E-state index contributed by atoms with van der Waals surface area (Å²) in [5.74, 6) is -0.708. The van der Waals surface area contributed by atoms with Gasteiger partial charge in [-0.2, -0.15) is 4.98 Å². The molecule has 0 radical (unpaired) electrons. The smallest absolute Gasteiger partial charge is 0.332 e. The maximum atomic E-state index is 13.1. The van der Waals surface area contributed by atoms with Crippen LogP contribution in [0.1, 0.15) is 11.3 Å². The number of imidazole rings is 2. The van der Waals surface area contributed by atoms with E-state index in [0.717, 1.165) is 10.1 Å². The minimum absolute atomic E-state index is 0.110. The first-order valence-corrected chi connectivity index (χ1v) is 8.99. The second-order valence-corrected chi connectivity index (χ2v) is 6.77. The zero-order valence-corrected chi connectivity index (χ0v) is 15.9. The van der Waals surface area contributed by atoms with E-state index in [1.165, 1.54) is 9.13 Å². The number of nitrogens with zero attached hydrogens (tertiary/aromatic N) is 5. The lowest BCUT2D eigenvalue weighted by Gasteiger charge is -2.05. The third kappa shape index (κ3) is 3.06. The van der Waals surface area contributed by atoms with Gasteiger partial charge in [-0.05, 0) is 12.5 Å². The van der Waals surface area contributed by atoms with Gasteiger partial charge < -0.3 is 9.67 Å². The van der Waals surface area contributed by atoms with Gasteiger partial charge >= 0.3 is 11.7 Å². The molecule has 0 amide bonds. The molecule has 29 heavy (non-hydrogen) atoms. The predicted octanol–water partition coefficient (Wildman–Crippen LogP) is 1.26. The van der Waals surface area contributed by atoms with Crippen molar-refractivity contribution in [1.82, 2.24) is 23.1 Å². The molecular weight excluding hydrogens is 374 g/mol. The van der Waals surface area contributed by atoms with Gasteiger partial charge in [0.25, 0.3) is 5.56 Å². The molecule has 0 unspecified atom stereocenters. The molecule has 0 saturated heterocycles. The molecule has 0 aliphatic rings. The molecule has 3 heterocycles. The van der Waals surface area contributed by atoms with Crippen molar-refractivity contribution in [1.29, 1.82) is 0 Å². The Morgan fingerprint density at radius 1 is 1.17 bits per heavy atom. The van der Waals surface area contributed by atoms with Crippen LogP contribution < -0.4 is 11.2 Å². The van der Waals surface area contributed by atoms with Gasteiger partial charge in [0.15, 0.2) is 11.2 Å². The van der Waals surface area contributed by atoms with Crippen molar-refractivity contribution in [2.24, 2.45) is 7.05 Å². The lowest BCUT2D eigenvalue weighted by Crippen LogP contribution is -2.39. The fourth-order valence-corrected chi connectivity index (χ4v) is 3.41. The first-order chi connectivity index (χ1) is 13.9. The zero-order valence-electron chi connectivity index (χ0n) is 15.9. The fourth-order valence-electron chi connectivity index (χ4n) is 3.41. The number of hydrogen-bond donors (Lipinski definition) is 1. The van der Waals surface area contributed by atoms with Gasteiger partial charge in [0.05, 0.1) is 0 Å².